The molecule has 0 aliphatic heterocycles. The van der Waals surface area contributed by atoms with Crippen molar-refractivity contribution < 1.29 is 8.94 Å². The van der Waals surface area contributed by atoms with E-state index in [0.717, 1.165) is 22.2 Å². The largest absolute Gasteiger partial charge is 0.431 e. The van der Waals surface area contributed by atoms with Crippen LogP contribution < -0.4 is 0 Å². The van der Waals surface area contributed by atoms with E-state index in [0.29, 0.717) is 22.7 Å². The van der Waals surface area contributed by atoms with Crippen molar-refractivity contribution in [3.05, 3.63) is 59.9 Å². The van der Waals surface area contributed by atoms with E-state index in [-0.39, 0.29) is 0 Å². The zero-order chi connectivity index (χ0) is 15.6. The predicted octanol–water partition coefficient (Wildman–Crippen LogP) is 4.48. The standard InChI is InChI=1S/C17H13N3O2S/c1-11-5-4-6-12(9-11)16-19-15(20-22-16)10-23-17-18-13-7-2-3-8-14(13)21-17/h2-9H,10H2,1H3. The third kappa shape index (κ3) is 2.98. The maximum Gasteiger partial charge on any atom is 0.257 e. The average molecular weight is 323 g/mol. The molecular formula is C17H13N3O2S. The lowest BCUT2D eigenvalue weighted by atomic mass is 10.1. The van der Waals surface area contributed by atoms with Crippen LogP contribution in [0.4, 0.5) is 0 Å². The minimum Gasteiger partial charge on any atom is -0.431 e. The molecule has 0 radical (unpaired) electrons. The molecule has 0 N–H and O–H groups in total. The third-order valence-corrected chi connectivity index (χ3v) is 4.16. The van der Waals surface area contributed by atoms with Crippen LogP contribution in [-0.4, -0.2) is 15.1 Å². The van der Waals surface area contributed by atoms with Gasteiger partial charge in [-0.25, -0.2) is 4.98 Å². The van der Waals surface area contributed by atoms with Crippen LogP contribution in [-0.2, 0) is 5.75 Å². The number of aryl methyl sites for hydroxylation is 1. The van der Waals surface area contributed by atoms with Crippen molar-refractivity contribution in [1.29, 1.82) is 0 Å². The Hall–Kier alpha value is -2.60. The predicted molar refractivity (Wildman–Crippen MR) is 88.0 cm³/mol. The van der Waals surface area contributed by atoms with Crippen LogP contribution in [0.1, 0.15) is 11.4 Å². The topological polar surface area (TPSA) is 65.0 Å². The molecular weight excluding hydrogens is 310 g/mol. The van der Waals surface area contributed by atoms with E-state index in [4.69, 9.17) is 8.94 Å². The number of rotatable bonds is 4. The fourth-order valence-corrected chi connectivity index (χ4v) is 2.93. The molecule has 23 heavy (non-hydrogen) atoms. The second-order valence-corrected chi connectivity index (χ2v) is 6.05. The lowest BCUT2D eigenvalue weighted by molar-refractivity contribution is 0.425. The first-order valence-electron chi connectivity index (χ1n) is 7.16. The van der Waals surface area contributed by atoms with Crippen LogP contribution >= 0.6 is 11.8 Å². The Morgan fingerprint density at radius 3 is 2.83 bits per heavy atom. The second-order valence-electron chi connectivity index (χ2n) is 5.12. The number of para-hydroxylation sites is 2. The third-order valence-electron chi connectivity index (χ3n) is 3.33. The first kappa shape index (κ1) is 14.0. The summed E-state index contributed by atoms with van der Waals surface area (Å²) in [5, 5.41) is 4.62. The molecule has 0 saturated carbocycles. The maximum absolute atomic E-state index is 5.66. The zero-order valence-electron chi connectivity index (χ0n) is 12.4. The molecule has 114 valence electrons. The van der Waals surface area contributed by atoms with Gasteiger partial charge in [-0.3, -0.25) is 0 Å². The number of nitrogens with zero attached hydrogens (tertiary/aromatic N) is 3. The van der Waals surface area contributed by atoms with E-state index < -0.39 is 0 Å². The SMILES string of the molecule is Cc1cccc(-c2nc(CSc3nc4ccccc4o3)no2)c1. The molecule has 2 aromatic carbocycles. The van der Waals surface area contributed by atoms with Gasteiger partial charge in [-0.15, -0.1) is 0 Å². The van der Waals surface area contributed by atoms with Crippen molar-refractivity contribution >= 4 is 22.9 Å². The molecule has 5 nitrogen and oxygen atoms in total. The van der Waals surface area contributed by atoms with Crippen LogP contribution in [0.5, 0.6) is 0 Å². The molecule has 6 heteroatoms. The van der Waals surface area contributed by atoms with Crippen molar-refractivity contribution in [3.63, 3.8) is 0 Å². The van der Waals surface area contributed by atoms with Gasteiger partial charge in [-0.1, -0.05) is 46.7 Å². The molecule has 4 rings (SSSR count). The second kappa shape index (κ2) is 5.89. The highest BCUT2D eigenvalue weighted by Crippen LogP contribution is 2.26. The average Bonchev–Trinajstić information content (AvgIpc) is 3.19. The summed E-state index contributed by atoms with van der Waals surface area (Å²) in [6.45, 7) is 2.03. The van der Waals surface area contributed by atoms with Crippen molar-refractivity contribution in [2.24, 2.45) is 0 Å². The Balaban J connectivity index is 1.49. The molecule has 0 aliphatic rings. The molecule has 2 aromatic heterocycles. The minimum atomic E-state index is 0.530. The number of hydrogen-bond acceptors (Lipinski definition) is 6. The lowest BCUT2D eigenvalue weighted by Crippen LogP contribution is -1.84. The molecule has 0 fully saturated rings. The van der Waals surface area contributed by atoms with Gasteiger partial charge in [0.05, 0.1) is 5.75 Å². The van der Waals surface area contributed by atoms with Gasteiger partial charge in [-0.05, 0) is 31.2 Å². The summed E-state index contributed by atoms with van der Waals surface area (Å²) in [4.78, 5) is 8.84. The highest BCUT2D eigenvalue weighted by atomic mass is 32.2. The monoisotopic (exact) mass is 323 g/mol. The summed E-state index contributed by atoms with van der Waals surface area (Å²) in [5.41, 5.74) is 3.71. The van der Waals surface area contributed by atoms with Gasteiger partial charge in [0.25, 0.3) is 11.1 Å². The van der Waals surface area contributed by atoms with E-state index in [1.54, 1.807) is 0 Å². The first-order chi connectivity index (χ1) is 11.3. The van der Waals surface area contributed by atoms with Crippen LogP contribution in [0.25, 0.3) is 22.6 Å². The van der Waals surface area contributed by atoms with Crippen molar-refractivity contribution in [1.82, 2.24) is 15.1 Å². The molecule has 0 atom stereocenters. The molecule has 0 bridgehead atoms. The van der Waals surface area contributed by atoms with Gasteiger partial charge in [0, 0.05) is 5.56 Å². The Morgan fingerprint density at radius 1 is 1.04 bits per heavy atom. The molecule has 0 saturated heterocycles. The molecule has 0 amide bonds. The van der Waals surface area contributed by atoms with E-state index in [1.807, 2.05) is 55.5 Å². The minimum absolute atomic E-state index is 0.530. The Morgan fingerprint density at radius 2 is 1.96 bits per heavy atom. The fraction of sp³-hybridized carbons (Fsp3) is 0.118. The number of hydrogen-bond donors (Lipinski definition) is 0. The number of aromatic nitrogens is 3. The quantitative estimate of drug-likeness (QED) is 0.516. The van der Waals surface area contributed by atoms with Crippen LogP contribution in [0.3, 0.4) is 0 Å². The Labute approximate surface area is 136 Å². The Kier molecular flexibility index (Phi) is 3.59. The van der Waals surface area contributed by atoms with Gasteiger partial charge in [0.2, 0.25) is 0 Å². The smallest absolute Gasteiger partial charge is 0.257 e. The van der Waals surface area contributed by atoms with E-state index in [2.05, 4.69) is 15.1 Å². The zero-order valence-corrected chi connectivity index (χ0v) is 13.2. The van der Waals surface area contributed by atoms with Crippen molar-refractivity contribution in [2.75, 3.05) is 0 Å². The summed E-state index contributed by atoms with van der Waals surface area (Å²) in [5.74, 6) is 1.69. The van der Waals surface area contributed by atoms with E-state index in [9.17, 15) is 0 Å². The highest BCUT2D eigenvalue weighted by molar-refractivity contribution is 7.98. The summed E-state index contributed by atoms with van der Waals surface area (Å²) >= 11 is 1.45. The number of thioether (sulfide) groups is 1. The molecule has 0 aliphatic carbocycles. The van der Waals surface area contributed by atoms with Crippen molar-refractivity contribution in [3.8, 4) is 11.5 Å². The maximum atomic E-state index is 5.66. The van der Waals surface area contributed by atoms with Crippen molar-refractivity contribution in [2.45, 2.75) is 17.9 Å². The van der Waals surface area contributed by atoms with Crippen LogP contribution in [0.15, 0.2) is 62.7 Å². The number of oxazole rings is 1. The fourth-order valence-electron chi connectivity index (χ4n) is 2.25. The van der Waals surface area contributed by atoms with Gasteiger partial charge < -0.3 is 8.94 Å². The van der Waals surface area contributed by atoms with Gasteiger partial charge in [0.15, 0.2) is 11.4 Å². The first-order valence-corrected chi connectivity index (χ1v) is 8.14. The number of benzene rings is 2. The molecule has 4 aromatic rings. The summed E-state index contributed by atoms with van der Waals surface area (Å²) in [6, 6.07) is 15.7. The highest BCUT2D eigenvalue weighted by Gasteiger charge is 2.11. The molecule has 0 spiro atoms. The van der Waals surface area contributed by atoms with E-state index in [1.165, 1.54) is 11.8 Å². The summed E-state index contributed by atoms with van der Waals surface area (Å²) < 4.78 is 11.0. The van der Waals surface area contributed by atoms with Crippen LogP contribution in [0.2, 0.25) is 0 Å². The summed E-state index contributed by atoms with van der Waals surface area (Å²) in [7, 11) is 0. The molecule has 2 heterocycles. The normalized spacial score (nSPS) is 11.2. The molecule has 0 unspecified atom stereocenters. The van der Waals surface area contributed by atoms with Gasteiger partial charge >= 0.3 is 0 Å². The Bertz CT molecular complexity index is 928. The summed E-state index contributed by atoms with van der Waals surface area (Å²) in [6.07, 6.45) is 0. The van der Waals surface area contributed by atoms with E-state index >= 15 is 0 Å². The van der Waals surface area contributed by atoms with Gasteiger partial charge in [-0.2, -0.15) is 4.98 Å². The number of fused-ring (bicyclic) bond motifs is 1. The lowest BCUT2D eigenvalue weighted by Gasteiger charge is -1.95. The van der Waals surface area contributed by atoms with Gasteiger partial charge in [0.1, 0.15) is 5.52 Å². The van der Waals surface area contributed by atoms with Crippen LogP contribution in [0, 0.1) is 6.92 Å².